The molecule has 2 atom stereocenters. The van der Waals surface area contributed by atoms with Crippen molar-refractivity contribution < 1.29 is 31.2 Å². The third-order valence-electron chi connectivity index (χ3n) is 6.05. The van der Waals surface area contributed by atoms with E-state index in [9.17, 15) is 31.2 Å². The fraction of sp³-hybridized carbons (Fsp3) is 0.476. The molecule has 2 aliphatic rings. The number of aromatic nitrogens is 2. The SMILES string of the molecule is CC(=O)Nc1cc(-c2cc3c(c(S(=O)(=O)NC(F)C(F)F)c2)C(=O)N(C(C)C2CC2)C3)n(C)n1. The predicted molar refractivity (Wildman–Crippen MR) is 116 cm³/mol. The molecule has 2 unspecified atom stereocenters. The number of benzene rings is 1. The Bertz CT molecular complexity index is 1260. The number of alkyl halides is 3. The summed E-state index contributed by atoms with van der Waals surface area (Å²) < 4.78 is 67.9. The van der Waals surface area contributed by atoms with E-state index in [1.165, 1.54) is 22.4 Å². The van der Waals surface area contributed by atoms with E-state index >= 15 is 0 Å². The van der Waals surface area contributed by atoms with Gasteiger partial charge in [-0.25, -0.2) is 21.6 Å². The first-order valence-corrected chi connectivity index (χ1v) is 12.1. The summed E-state index contributed by atoms with van der Waals surface area (Å²) in [5, 5.41) is 6.68. The molecule has 0 bridgehead atoms. The standard InChI is InChI=1S/C21H24F3N5O4S/c1-10(12-4-5-12)29-9-14-6-13(15-8-17(25-11(2)30)26-28(15)3)7-16(18(14)21(29)31)34(32,33)27-20(24)19(22)23/h6-8,10,12,19-20,27H,4-5,9H2,1-3H3,(H,25,26,30). The van der Waals surface area contributed by atoms with Crippen LogP contribution in [0, 0.1) is 5.92 Å². The number of carbonyl (C=O) groups excluding carboxylic acids is 2. The number of nitrogens with zero attached hydrogens (tertiary/aromatic N) is 3. The quantitative estimate of drug-likeness (QED) is 0.542. The van der Waals surface area contributed by atoms with Crippen LogP contribution in [0.25, 0.3) is 11.3 Å². The van der Waals surface area contributed by atoms with Crippen LogP contribution < -0.4 is 10.0 Å². The summed E-state index contributed by atoms with van der Waals surface area (Å²) in [5.41, 5.74) is 0.932. The van der Waals surface area contributed by atoms with Crippen molar-refractivity contribution in [1.29, 1.82) is 0 Å². The van der Waals surface area contributed by atoms with Gasteiger partial charge >= 0.3 is 0 Å². The fourth-order valence-corrected chi connectivity index (χ4v) is 5.50. The smallest absolute Gasteiger partial charge is 0.283 e. The summed E-state index contributed by atoms with van der Waals surface area (Å²) in [6.45, 7) is 3.31. The van der Waals surface area contributed by atoms with Crippen LogP contribution >= 0.6 is 0 Å². The number of amides is 2. The van der Waals surface area contributed by atoms with E-state index in [0.717, 1.165) is 18.9 Å². The highest BCUT2D eigenvalue weighted by molar-refractivity contribution is 7.89. The van der Waals surface area contributed by atoms with Crippen LogP contribution in [0.4, 0.5) is 19.0 Å². The third kappa shape index (κ3) is 4.53. The molecule has 0 radical (unpaired) electrons. The molecule has 4 rings (SSSR count). The molecule has 2 amide bonds. The minimum Gasteiger partial charge on any atom is -0.331 e. The maximum atomic E-state index is 13.7. The van der Waals surface area contributed by atoms with Crippen LogP contribution in [0.1, 0.15) is 42.6 Å². The Morgan fingerprint density at radius 1 is 1.21 bits per heavy atom. The number of rotatable bonds is 8. The van der Waals surface area contributed by atoms with Crippen LogP contribution in [0.5, 0.6) is 0 Å². The van der Waals surface area contributed by atoms with Gasteiger partial charge in [-0.1, -0.05) is 0 Å². The van der Waals surface area contributed by atoms with Gasteiger partial charge in [0.2, 0.25) is 22.2 Å². The second kappa shape index (κ2) is 8.69. The Kier molecular flexibility index (Phi) is 6.19. The number of nitrogens with one attached hydrogen (secondary N) is 2. The Morgan fingerprint density at radius 2 is 1.88 bits per heavy atom. The van der Waals surface area contributed by atoms with Crippen molar-refractivity contribution in [3.8, 4) is 11.3 Å². The lowest BCUT2D eigenvalue weighted by Crippen LogP contribution is -2.38. The second-order valence-corrected chi connectivity index (χ2v) is 10.3. The molecule has 1 aliphatic heterocycles. The molecule has 1 fully saturated rings. The molecule has 2 heterocycles. The minimum atomic E-state index is -4.82. The number of carbonyl (C=O) groups is 2. The molecule has 9 nitrogen and oxygen atoms in total. The molecule has 13 heteroatoms. The van der Waals surface area contributed by atoms with E-state index in [4.69, 9.17) is 0 Å². The van der Waals surface area contributed by atoms with E-state index in [1.54, 1.807) is 18.0 Å². The van der Waals surface area contributed by atoms with Crippen molar-refractivity contribution in [2.45, 2.75) is 56.9 Å². The Morgan fingerprint density at radius 3 is 2.47 bits per heavy atom. The predicted octanol–water partition coefficient (Wildman–Crippen LogP) is 2.64. The molecular weight excluding hydrogens is 475 g/mol. The van der Waals surface area contributed by atoms with Gasteiger partial charge in [0.1, 0.15) is 0 Å². The number of hydrogen-bond donors (Lipinski definition) is 2. The highest BCUT2D eigenvalue weighted by atomic mass is 32.2. The van der Waals surface area contributed by atoms with Crippen molar-refractivity contribution in [2.24, 2.45) is 13.0 Å². The molecule has 0 spiro atoms. The van der Waals surface area contributed by atoms with Crippen LogP contribution in [0.2, 0.25) is 0 Å². The lowest BCUT2D eigenvalue weighted by Gasteiger charge is -2.24. The fourth-order valence-electron chi connectivity index (χ4n) is 4.20. The van der Waals surface area contributed by atoms with Crippen LogP contribution in [0.15, 0.2) is 23.1 Å². The molecule has 1 aromatic heterocycles. The van der Waals surface area contributed by atoms with Crippen LogP contribution in [-0.2, 0) is 28.4 Å². The number of hydrogen-bond acceptors (Lipinski definition) is 5. The van der Waals surface area contributed by atoms with Crippen LogP contribution in [-0.4, -0.2) is 53.7 Å². The monoisotopic (exact) mass is 499 g/mol. The summed E-state index contributed by atoms with van der Waals surface area (Å²) in [4.78, 5) is 25.6. The number of fused-ring (bicyclic) bond motifs is 1. The molecule has 1 aromatic carbocycles. The minimum absolute atomic E-state index is 0.131. The van der Waals surface area contributed by atoms with E-state index in [2.05, 4.69) is 10.4 Å². The number of sulfonamides is 1. The summed E-state index contributed by atoms with van der Waals surface area (Å²) in [7, 11) is -3.25. The van der Waals surface area contributed by atoms with Gasteiger partial charge in [-0.3, -0.25) is 14.3 Å². The zero-order chi connectivity index (χ0) is 24.9. The average molecular weight is 500 g/mol. The first kappa shape index (κ1) is 24.2. The number of halogens is 3. The van der Waals surface area contributed by atoms with E-state index in [1.807, 2.05) is 6.92 Å². The van der Waals surface area contributed by atoms with Crippen molar-refractivity contribution in [3.63, 3.8) is 0 Å². The molecular formula is C21H24F3N5O4S. The topological polar surface area (TPSA) is 113 Å². The Labute approximate surface area is 194 Å². The maximum absolute atomic E-state index is 13.7. The van der Waals surface area contributed by atoms with Crippen molar-refractivity contribution in [3.05, 3.63) is 29.3 Å². The largest absolute Gasteiger partial charge is 0.331 e. The Balaban J connectivity index is 1.83. The molecule has 1 saturated carbocycles. The van der Waals surface area contributed by atoms with Crippen LogP contribution in [0.3, 0.4) is 0 Å². The van der Waals surface area contributed by atoms with Crippen molar-refractivity contribution in [2.75, 3.05) is 5.32 Å². The van der Waals surface area contributed by atoms with Gasteiger partial charge < -0.3 is 10.2 Å². The van der Waals surface area contributed by atoms with Gasteiger partial charge in [-0.15, -0.1) is 0 Å². The van der Waals surface area contributed by atoms with Gasteiger partial charge in [0, 0.05) is 38.2 Å². The van der Waals surface area contributed by atoms with Crippen molar-refractivity contribution >= 4 is 27.7 Å². The molecule has 1 aliphatic carbocycles. The van der Waals surface area contributed by atoms with E-state index < -0.39 is 33.5 Å². The molecule has 184 valence electrons. The van der Waals surface area contributed by atoms with Gasteiger partial charge in [0.05, 0.1) is 16.2 Å². The highest BCUT2D eigenvalue weighted by Crippen LogP contribution is 2.41. The zero-order valence-corrected chi connectivity index (χ0v) is 19.5. The maximum Gasteiger partial charge on any atom is 0.283 e. The number of aryl methyl sites for hydroxylation is 1. The molecule has 34 heavy (non-hydrogen) atoms. The zero-order valence-electron chi connectivity index (χ0n) is 18.7. The lowest BCUT2D eigenvalue weighted by molar-refractivity contribution is -0.114. The summed E-state index contributed by atoms with van der Waals surface area (Å²) in [6, 6.07) is 4.13. The second-order valence-electron chi connectivity index (χ2n) is 8.60. The van der Waals surface area contributed by atoms with E-state index in [-0.39, 0.29) is 29.9 Å². The van der Waals surface area contributed by atoms with Gasteiger partial charge in [-0.05, 0) is 43.4 Å². The van der Waals surface area contributed by atoms with Crippen molar-refractivity contribution in [1.82, 2.24) is 19.4 Å². The van der Waals surface area contributed by atoms with Gasteiger partial charge in [0.15, 0.2) is 5.82 Å². The number of anilines is 1. The molecule has 2 N–H and O–H groups in total. The summed E-state index contributed by atoms with van der Waals surface area (Å²) in [5.74, 6) is -0.378. The molecule has 0 saturated heterocycles. The van der Waals surface area contributed by atoms with Gasteiger partial charge in [-0.2, -0.15) is 9.82 Å². The molecule has 2 aromatic rings. The first-order valence-electron chi connectivity index (χ1n) is 10.6. The normalized spacial score (nSPS) is 17.7. The summed E-state index contributed by atoms with van der Waals surface area (Å²) in [6.07, 6.45) is -4.80. The third-order valence-corrected chi connectivity index (χ3v) is 7.49. The summed E-state index contributed by atoms with van der Waals surface area (Å²) >= 11 is 0. The van der Waals surface area contributed by atoms with E-state index in [0.29, 0.717) is 22.7 Å². The first-order chi connectivity index (χ1) is 15.9. The Hall–Kier alpha value is -2.93. The highest BCUT2D eigenvalue weighted by Gasteiger charge is 2.42. The lowest BCUT2D eigenvalue weighted by atomic mass is 10.0. The average Bonchev–Trinajstić information content (AvgIpc) is 3.45. The van der Waals surface area contributed by atoms with Gasteiger partial charge in [0.25, 0.3) is 12.3 Å².